The molecule has 0 saturated heterocycles. The van der Waals surface area contributed by atoms with Gasteiger partial charge in [0.25, 0.3) is 0 Å². The summed E-state index contributed by atoms with van der Waals surface area (Å²) >= 11 is 0. The van der Waals surface area contributed by atoms with E-state index in [-0.39, 0.29) is 19.2 Å². The number of aliphatic hydroxyl groups excluding tert-OH is 1. The second kappa shape index (κ2) is 6.76. The van der Waals surface area contributed by atoms with Crippen LogP contribution in [0.5, 0.6) is 0 Å². The van der Waals surface area contributed by atoms with Crippen LogP contribution in [0.4, 0.5) is 0 Å². The van der Waals surface area contributed by atoms with Crippen LogP contribution >= 0.6 is 0 Å². The van der Waals surface area contributed by atoms with Gasteiger partial charge in [0.15, 0.2) is 0 Å². The van der Waals surface area contributed by atoms with E-state index in [9.17, 15) is 9.59 Å². The summed E-state index contributed by atoms with van der Waals surface area (Å²) in [5, 5.41) is 17.7. The molecule has 1 rings (SSSR count). The van der Waals surface area contributed by atoms with Crippen molar-refractivity contribution < 1.29 is 19.8 Å². The Bertz CT molecular complexity index is 405. The Hall–Kier alpha value is -1.88. The summed E-state index contributed by atoms with van der Waals surface area (Å²) in [5.74, 6) is -2.42. The van der Waals surface area contributed by atoms with Crippen molar-refractivity contribution in [3.05, 3.63) is 35.9 Å². The van der Waals surface area contributed by atoms with Gasteiger partial charge in [0.2, 0.25) is 0 Å². The van der Waals surface area contributed by atoms with Crippen molar-refractivity contribution in [1.29, 1.82) is 0 Å². The minimum absolute atomic E-state index is 0.0840. The highest BCUT2D eigenvalue weighted by atomic mass is 16.4. The standard InChI is InChI=1S/C13H17NO4/c1-10(7-8-15)14(12(16)13(17)18)9-11-5-3-2-4-6-11/h2-6,10,15H,7-9H2,1H3,(H,17,18)/t10-/m1/s1. The zero-order chi connectivity index (χ0) is 13.5. The molecule has 0 aromatic heterocycles. The molecule has 0 radical (unpaired) electrons. The molecule has 1 aromatic carbocycles. The molecule has 0 saturated carbocycles. The number of amides is 1. The van der Waals surface area contributed by atoms with Crippen molar-refractivity contribution in [3.8, 4) is 0 Å². The molecule has 5 heteroatoms. The highest BCUT2D eigenvalue weighted by Crippen LogP contribution is 2.11. The number of hydrogen-bond donors (Lipinski definition) is 2. The molecule has 2 N–H and O–H groups in total. The number of carbonyl (C=O) groups excluding carboxylic acids is 1. The maximum atomic E-state index is 11.6. The van der Waals surface area contributed by atoms with Crippen LogP contribution in [0.3, 0.4) is 0 Å². The Labute approximate surface area is 106 Å². The monoisotopic (exact) mass is 251 g/mol. The zero-order valence-corrected chi connectivity index (χ0v) is 10.2. The summed E-state index contributed by atoms with van der Waals surface area (Å²) in [6.45, 7) is 1.87. The van der Waals surface area contributed by atoms with Crippen LogP contribution < -0.4 is 0 Å². The Balaban J connectivity index is 2.84. The molecule has 18 heavy (non-hydrogen) atoms. The van der Waals surface area contributed by atoms with Crippen LogP contribution in [0.25, 0.3) is 0 Å². The number of carboxylic acid groups (broad SMARTS) is 1. The van der Waals surface area contributed by atoms with Crippen LogP contribution in [0.15, 0.2) is 30.3 Å². The number of carboxylic acids is 1. The van der Waals surface area contributed by atoms with Gasteiger partial charge in [-0.25, -0.2) is 4.79 Å². The summed E-state index contributed by atoms with van der Waals surface area (Å²) in [5.41, 5.74) is 0.858. The fraction of sp³-hybridized carbons (Fsp3) is 0.385. The van der Waals surface area contributed by atoms with Crippen molar-refractivity contribution >= 4 is 11.9 Å². The fourth-order valence-corrected chi connectivity index (χ4v) is 1.67. The molecule has 0 aliphatic carbocycles. The summed E-state index contributed by atoms with van der Waals surface area (Å²) in [7, 11) is 0. The molecular weight excluding hydrogens is 234 g/mol. The lowest BCUT2D eigenvalue weighted by Gasteiger charge is -2.27. The van der Waals surface area contributed by atoms with E-state index in [0.29, 0.717) is 6.42 Å². The van der Waals surface area contributed by atoms with E-state index in [1.807, 2.05) is 30.3 Å². The first-order chi connectivity index (χ1) is 8.56. The minimum Gasteiger partial charge on any atom is -0.474 e. The van der Waals surface area contributed by atoms with Crippen LogP contribution in [-0.2, 0) is 16.1 Å². The Morgan fingerprint density at radius 2 is 1.89 bits per heavy atom. The van der Waals surface area contributed by atoms with Crippen LogP contribution in [0.1, 0.15) is 18.9 Å². The zero-order valence-electron chi connectivity index (χ0n) is 10.2. The second-order valence-corrected chi connectivity index (χ2v) is 4.09. The first kappa shape index (κ1) is 14.2. The largest absolute Gasteiger partial charge is 0.474 e. The SMILES string of the molecule is C[C@H](CCO)N(Cc1ccccc1)C(=O)C(=O)O. The normalized spacial score (nSPS) is 11.9. The predicted molar refractivity (Wildman–Crippen MR) is 65.8 cm³/mol. The third-order valence-electron chi connectivity index (χ3n) is 2.72. The lowest BCUT2D eigenvalue weighted by Crippen LogP contribution is -2.42. The molecule has 1 amide bonds. The summed E-state index contributed by atoms with van der Waals surface area (Å²) in [6.07, 6.45) is 0.353. The summed E-state index contributed by atoms with van der Waals surface area (Å²) in [4.78, 5) is 23.7. The van der Waals surface area contributed by atoms with Crippen molar-refractivity contribution in [3.63, 3.8) is 0 Å². The van der Waals surface area contributed by atoms with Crippen molar-refractivity contribution in [2.75, 3.05) is 6.61 Å². The quantitative estimate of drug-likeness (QED) is 0.761. The van der Waals surface area contributed by atoms with E-state index in [0.717, 1.165) is 5.56 Å². The number of rotatable bonds is 5. The van der Waals surface area contributed by atoms with Gasteiger partial charge >= 0.3 is 11.9 Å². The smallest absolute Gasteiger partial charge is 0.394 e. The molecule has 0 spiro atoms. The molecule has 98 valence electrons. The second-order valence-electron chi connectivity index (χ2n) is 4.09. The molecule has 1 atom stereocenters. The summed E-state index contributed by atoms with van der Waals surface area (Å²) < 4.78 is 0. The van der Waals surface area contributed by atoms with Crippen LogP contribution in [-0.4, -0.2) is 39.6 Å². The van der Waals surface area contributed by atoms with E-state index in [2.05, 4.69) is 0 Å². The molecule has 0 aliphatic rings. The topological polar surface area (TPSA) is 77.8 Å². The highest BCUT2D eigenvalue weighted by Gasteiger charge is 2.25. The Kier molecular flexibility index (Phi) is 5.32. The number of aliphatic carboxylic acids is 1. The number of aliphatic hydroxyl groups is 1. The maximum absolute atomic E-state index is 11.6. The van der Waals surface area contributed by atoms with Gasteiger partial charge in [-0.15, -0.1) is 0 Å². The van der Waals surface area contributed by atoms with Crippen molar-refractivity contribution in [2.45, 2.75) is 25.9 Å². The Morgan fingerprint density at radius 3 is 2.39 bits per heavy atom. The summed E-state index contributed by atoms with van der Waals surface area (Å²) in [6, 6.07) is 8.84. The van der Waals surface area contributed by atoms with Gasteiger partial charge < -0.3 is 15.1 Å². The van der Waals surface area contributed by atoms with E-state index in [1.165, 1.54) is 4.90 Å². The van der Waals surface area contributed by atoms with E-state index >= 15 is 0 Å². The highest BCUT2D eigenvalue weighted by molar-refractivity contribution is 6.31. The number of carbonyl (C=O) groups is 2. The molecule has 5 nitrogen and oxygen atoms in total. The number of hydrogen-bond acceptors (Lipinski definition) is 3. The van der Waals surface area contributed by atoms with Gasteiger partial charge in [-0.2, -0.15) is 0 Å². The first-order valence-corrected chi connectivity index (χ1v) is 5.75. The van der Waals surface area contributed by atoms with Gasteiger partial charge in [-0.05, 0) is 18.9 Å². The average Bonchev–Trinajstić information content (AvgIpc) is 2.36. The van der Waals surface area contributed by atoms with Crippen LogP contribution in [0.2, 0.25) is 0 Å². The number of benzene rings is 1. The van der Waals surface area contributed by atoms with Gasteiger partial charge in [0.05, 0.1) is 0 Å². The van der Waals surface area contributed by atoms with Gasteiger partial charge in [-0.3, -0.25) is 4.79 Å². The van der Waals surface area contributed by atoms with Gasteiger partial charge in [0, 0.05) is 19.2 Å². The average molecular weight is 251 g/mol. The first-order valence-electron chi connectivity index (χ1n) is 5.75. The molecule has 0 heterocycles. The van der Waals surface area contributed by atoms with E-state index in [4.69, 9.17) is 10.2 Å². The van der Waals surface area contributed by atoms with E-state index < -0.39 is 11.9 Å². The lowest BCUT2D eigenvalue weighted by atomic mass is 10.1. The van der Waals surface area contributed by atoms with E-state index in [1.54, 1.807) is 6.92 Å². The van der Waals surface area contributed by atoms with Gasteiger partial charge in [-0.1, -0.05) is 30.3 Å². The lowest BCUT2D eigenvalue weighted by molar-refractivity contribution is -0.157. The molecule has 0 aliphatic heterocycles. The third kappa shape index (κ3) is 3.85. The van der Waals surface area contributed by atoms with Crippen molar-refractivity contribution in [1.82, 2.24) is 4.90 Å². The molecule has 0 bridgehead atoms. The fourth-order valence-electron chi connectivity index (χ4n) is 1.67. The molecule has 1 aromatic rings. The number of nitrogens with zero attached hydrogens (tertiary/aromatic N) is 1. The predicted octanol–water partition coefficient (Wildman–Crippen LogP) is 0.871. The Morgan fingerprint density at radius 1 is 1.28 bits per heavy atom. The molecular formula is C13H17NO4. The third-order valence-corrected chi connectivity index (χ3v) is 2.72. The minimum atomic E-state index is -1.48. The van der Waals surface area contributed by atoms with Crippen LogP contribution in [0, 0.1) is 0 Å². The maximum Gasteiger partial charge on any atom is 0.394 e. The molecule has 0 fully saturated rings. The van der Waals surface area contributed by atoms with Gasteiger partial charge in [0.1, 0.15) is 0 Å². The molecule has 0 unspecified atom stereocenters. The van der Waals surface area contributed by atoms with Crippen molar-refractivity contribution in [2.24, 2.45) is 0 Å².